The molecule has 1 aromatic carbocycles. The first kappa shape index (κ1) is 14.9. The van der Waals surface area contributed by atoms with Crippen LogP contribution in [0.15, 0.2) is 30.5 Å². The van der Waals surface area contributed by atoms with Gasteiger partial charge in [0.25, 0.3) is 0 Å². The molecular formula is C15H20FN3S. The Labute approximate surface area is 123 Å². The SMILES string of the molecule is CCN(CC)c1ncc(CNCc2cccc(F)c2)s1. The Balaban J connectivity index is 1.85. The van der Waals surface area contributed by atoms with E-state index in [4.69, 9.17) is 0 Å². The Morgan fingerprint density at radius 1 is 1.25 bits per heavy atom. The molecule has 2 aromatic rings. The van der Waals surface area contributed by atoms with Gasteiger partial charge < -0.3 is 10.2 Å². The number of hydrogen-bond acceptors (Lipinski definition) is 4. The summed E-state index contributed by atoms with van der Waals surface area (Å²) in [5.41, 5.74) is 0.957. The van der Waals surface area contributed by atoms with E-state index in [1.165, 1.54) is 10.9 Å². The van der Waals surface area contributed by atoms with Crippen LogP contribution in [0.5, 0.6) is 0 Å². The van der Waals surface area contributed by atoms with Crippen molar-refractivity contribution in [3.8, 4) is 0 Å². The van der Waals surface area contributed by atoms with E-state index in [1.54, 1.807) is 23.5 Å². The second-order valence-corrected chi connectivity index (χ2v) is 5.61. The summed E-state index contributed by atoms with van der Waals surface area (Å²) in [5.74, 6) is -0.189. The zero-order chi connectivity index (χ0) is 14.4. The van der Waals surface area contributed by atoms with Gasteiger partial charge in [0.1, 0.15) is 5.82 Å². The molecule has 1 heterocycles. The lowest BCUT2D eigenvalue weighted by Gasteiger charge is -2.16. The molecule has 0 aliphatic heterocycles. The van der Waals surface area contributed by atoms with Gasteiger partial charge in [-0.15, -0.1) is 11.3 Å². The number of halogens is 1. The van der Waals surface area contributed by atoms with E-state index in [0.717, 1.165) is 30.3 Å². The van der Waals surface area contributed by atoms with Gasteiger partial charge in [-0.2, -0.15) is 0 Å². The van der Waals surface area contributed by atoms with Crippen molar-refractivity contribution < 1.29 is 4.39 Å². The standard InChI is InChI=1S/C15H20FN3S/c1-3-19(4-2)15-18-11-14(20-15)10-17-9-12-6-5-7-13(16)8-12/h5-8,11,17H,3-4,9-10H2,1-2H3. The third-order valence-corrected chi connectivity index (χ3v) is 4.15. The first-order valence-corrected chi connectivity index (χ1v) is 7.69. The van der Waals surface area contributed by atoms with Crippen LogP contribution in [0.2, 0.25) is 0 Å². The van der Waals surface area contributed by atoms with Crippen LogP contribution in [0.4, 0.5) is 9.52 Å². The smallest absolute Gasteiger partial charge is 0.185 e. The van der Waals surface area contributed by atoms with Crippen LogP contribution in [-0.2, 0) is 13.1 Å². The van der Waals surface area contributed by atoms with Gasteiger partial charge >= 0.3 is 0 Å². The monoisotopic (exact) mass is 293 g/mol. The molecule has 0 radical (unpaired) electrons. The zero-order valence-electron chi connectivity index (χ0n) is 11.9. The summed E-state index contributed by atoms with van der Waals surface area (Å²) in [4.78, 5) is 7.88. The van der Waals surface area contributed by atoms with Gasteiger partial charge in [-0.1, -0.05) is 12.1 Å². The van der Waals surface area contributed by atoms with Crippen molar-refractivity contribution in [1.29, 1.82) is 0 Å². The highest BCUT2D eigenvalue weighted by Crippen LogP contribution is 2.22. The van der Waals surface area contributed by atoms with Crippen molar-refractivity contribution in [2.75, 3.05) is 18.0 Å². The lowest BCUT2D eigenvalue weighted by molar-refractivity contribution is 0.620. The third kappa shape index (κ3) is 4.02. The van der Waals surface area contributed by atoms with Crippen LogP contribution in [0, 0.1) is 5.82 Å². The summed E-state index contributed by atoms with van der Waals surface area (Å²) >= 11 is 1.71. The summed E-state index contributed by atoms with van der Waals surface area (Å²) < 4.78 is 13.0. The fourth-order valence-corrected chi connectivity index (χ4v) is 3.00. The molecular weight excluding hydrogens is 273 g/mol. The molecule has 0 aliphatic carbocycles. The fourth-order valence-electron chi connectivity index (χ4n) is 2.00. The molecule has 0 saturated heterocycles. The van der Waals surface area contributed by atoms with Crippen LogP contribution in [0.1, 0.15) is 24.3 Å². The lowest BCUT2D eigenvalue weighted by Crippen LogP contribution is -2.21. The molecule has 108 valence electrons. The summed E-state index contributed by atoms with van der Waals surface area (Å²) in [6.45, 7) is 7.63. The second kappa shape index (κ2) is 7.36. The second-order valence-electron chi connectivity index (χ2n) is 4.51. The first-order valence-electron chi connectivity index (χ1n) is 6.87. The highest BCUT2D eigenvalue weighted by atomic mass is 32.1. The van der Waals surface area contributed by atoms with Crippen molar-refractivity contribution >= 4 is 16.5 Å². The van der Waals surface area contributed by atoms with Crippen molar-refractivity contribution in [2.24, 2.45) is 0 Å². The molecule has 0 spiro atoms. The van der Waals surface area contributed by atoms with Crippen molar-refractivity contribution in [3.05, 3.63) is 46.7 Å². The van der Waals surface area contributed by atoms with Crippen LogP contribution >= 0.6 is 11.3 Å². The molecule has 1 aromatic heterocycles. The number of nitrogens with one attached hydrogen (secondary N) is 1. The Bertz CT molecular complexity index is 537. The zero-order valence-corrected chi connectivity index (χ0v) is 12.7. The van der Waals surface area contributed by atoms with Gasteiger partial charge in [-0.05, 0) is 31.5 Å². The maximum absolute atomic E-state index is 13.0. The number of benzene rings is 1. The van der Waals surface area contributed by atoms with E-state index in [0.29, 0.717) is 6.54 Å². The molecule has 0 aliphatic rings. The van der Waals surface area contributed by atoms with Gasteiger partial charge in [0.15, 0.2) is 5.13 Å². The Morgan fingerprint density at radius 2 is 2.05 bits per heavy atom. The number of rotatable bonds is 7. The number of nitrogens with zero attached hydrogens (tertiary/aromatic N) is 2. The van der Waals surface area contributed by atoms with Crippen LogP contribution in [0.3, 0.4) is 0 Å². The van der Waals surface area contributed by atoms with E-state index < -0.39 is 0 Å². The van der Waals surface area contributed by atoms with E-state index >= 15 is 0 Å². The van der Waals surface area contributed by atoms with E-state index in [9.17, 15) is 4.39 Å². The Hall–Kier alpha value is -1.46. The summed E-state index contributed by atoms with van der Waals surface area (Å²) in [5, 5.41) is 4.39. The molecule has 0 amide bonds. The van der Waals surface area contributed by atoms with E-state index in [-0.39, 0.29) is 5.82 Å². The van der Waals surface area contributed by atoms with Crippen molar-refractivity contribution in [3.63, 3.8) is 0 Å². The van der Waals surface area contributed by atoms with Crippen LogP contribution < -0.4 is 10.2 Å². The summed E-state index contributed by atoms with van der Waals surface area (Å²) in [6, 6.07) is 6.67. The van der Waals surface area contributed by atoms with Gasteiger partial charge in [-0.25, -0.2) is 9.37 Å². The highest BCUT2D eigenvalue weighted by Gasteiger charge is 2.07. The molecule has 1 N–H and O–H groups in total. The number of aromatic nitrogens is 1. The largest absolute Gasteiger partial charge is 0.349 e. The maximum Gasteiger partial charge on any atom is 0.185 e. The molecule has 3 nitrogen and oxygen atoms in total. The quantitative estimate of drug-likeness (QED) is 0.848. The molecule has 5 heteroatoms. The fraction of sp³-hybridized carbons (Fsp3) is 0.400. The van der Waals surface area contributed by atoms with Crippen LogP contribution in [-0.4, -0.2) is 18.1 Å². The number of thiazole rings is 1. The van der Waals surface area contributed by atoms with Gasteiger partial charge in [0.05, 0.1) is 0 Å². The predicted octanol–water partition coefficient (Wildman–Crippen LogP) is 3.42. The summed E-state index contributed by atoms with van der Waals surface area (Å²) in [7, 11) is 0. The average molecular weight is 293 g/mol. The van der Waals surface area contributed by atoms with Crippen LogP contribution in [0.25, 0.3) is 0 Å². The normalized spacial score (nSPS) is 10.8. The highest BCUT2D eigenvalue weighted by molar-refractivity contribution is 7.15. The minimum absolute atomic E-state index is 0.189. The number of anilines is 1. The molecule has 20 heavy (non-hydrogen) atoms. The maximum atomic E-state index is 13.0. The Kier molecular flexibility index (Phi) is 5.49. The summed E-state index contributed by atoms with van der Waals surface area (Å²) in [6.07, 6.45) is 1.91. The lowest BCUT2D eigenvalue weighted by atomic mass is 10.2. The average Bonchev–Trinajstić information content (AvgIpc) is 2.89. The number of hydrogen-bond donors (Lipinski definition) is 1. The molecule has 2 rings (SSSR count). The van der Waals surface area contributed by atoms with Crippen molar-refractivity contribution in [2.45, 2.75) is 26.9 Å². The minimum Gasteiger partial charge on any atom is -0.349 e. The van der Waals surface area contributed by atoms with E-state index in [2.05, 4.69) is 29.0 Å². The molecule has 0 fully saturated rings. The topological polar surface area (TPSA) is 28.2 Å². The van der Waals surface area contributed by atoms with Gasteiger partial charge in [0, 0.05) is 37.3 Å². The molecule has 0 atom stereocenters. The predicted molar refractivity (Wildman–Crippen MR) is 82.6 cm³/mol. The van der Waals surface area contributed by atoms with Crippen molar-refractivity contribution in [1.82, 2.24) is 10.3 Å². The van der Waals surface area contributed by atoms with Gasteiger partial charge in [0.2, 0.25) is 0 Å². The molecule has 0 unspecified atom stereocenters. The Morgan fingerprint density at radius 3 is 2.75 bits per heavy atom. The molecule has 0 saturated carbocycles. The third-order valence-electron chi connectivity index (χ3n) is 3.09. The first-order chi connectivity index (χ1) is 9.72. The van der Waals surface area contributed by atoms with E-state index in [1.807, 2.05) is 12.3 Å². The molecule has 0 bridgehead atoms. The minimum atomic E-state index is -0.189. The van der Waals surface area contributed by atoms with Gasteiger partial charge in [-0.3, -0.25) is 0 Å².